The van der Waals surface area contributed by atoms with E-state index in [9.17, 15) is 10.1 Å². The van der Waals surface area contributed by atoms with Gasteiger partial charge in [0.25, 0.3) is 0 Å². The van der Waals surface area contributed by atoms with Crippen LogP contribution in [0.4, 0.5) is 5.95 Å². The first-order valence-electron chi connectivity index (χ1n) is 9.14. The van der Waals surface area contributed by atoms with Gasteiger partial charge in [0.15, 0.2) is 17.3 Å². The Hall–Kier alpha value is -3.80. The molecule has 0 saturated heterocycles. The molecule has 0 radical (unpaired) electrons. The topological polar surface area (TPSA) is 130 Å². The summed E-state index contributed by atoms with van der Waals surface area (Å²) in [6.45, 7) is 0. The minimum atomic E-state index is -0.646. The Morgan fingerprint density at radius 2 is 2.14 bits per heavy atom. The lowest BCUT2D eigenvalue weighted by Crippen LogP contribution is -2.39. The van der Waals surface area contributed by atoms with Crippen molar-refractivity contribution in [3.63, 3.8) is 0 Å². The summed E-state index contributed by atoms with van der Waals surface area (Å²) in [5, 5.41) is 16.7. The van der Waals surface area contributed by atoms with Crippen LogP contribution in [0.3, 0.4) is 0 Å². The summed E-state index contributed by atoms with van der Waals surface area (Å²) in [6.07, 6.45) is 3.09. The van der Waals surface area contributed by atoms with E-state index in [0.717, 1.165) is 5.70 Å². The summed E-state index contributed by atoms with van der Waals surface area (Å²) in [4.78, 5) is 18.9. The van der Waals surface area contributed by atoms with Crippen LogP contribution in [0.25, 0.3) is 0 Å². The van der Waals surface area contributed by atoms with E-state index < -0.39 is 5.92 Å². The molecule has 4 rings (SSSR count). The number of ketones is 1. The first-order valence-corrected chi connectivity index (χ1v) is 9.14. The number of Topliss-reactive ketones (excluding diaryl/α,β-unsaturated/α-hetero) is 1. The number of H-pyrrole nitrogens is 1. The SMILES string of the molecule is COc1cccc([C@H]2C(C#N)=C(N)N(c3ncn[nH]3)C3=C2C(=O)CCC3)c1OC. The zero-order chi connectivity index (χ0) is 20.5. The lowest BCUT2D eigenvalue weighted by atomic mass is 9.75. The van der Waals surface area contributed by atoms with Gasteiger partial charge < -0.3 is 15.2 Å². The van der Waals surface area contributed by atoms with E-state index in [-0.39, 0.29) is 17.2 Å². The number of aromatic amines is 1. The van der Waals surface area contributed by atoms with E-state index in [4.69, 9.17) is 15.2 Å². The van der Waals surface area contributed by atoms with Crippen molar-refractivity contribution in [2.45, 2.75) is 25.2 Å². The van der Waals surface area contributed by atoms with E-state index in [1.54, 1.807) is 24.1 Å². The molecule has 9 heteroatoms. The van der Waals surface area contributed by atoms with Crippen molar-refractivity contribution < 1.29 is 14.3 Å². The maximum Gasteiger partial charge on any atom is 0.231 e. The van der Waals surface area contributed by atoms with E-state index in [0.29, 0.717) is 47.8 Å². The molecule has 1 aromatic heterocycles. The minimum absolute atomic E-state index is 0.0223. The van der Waals surface area contributed by atoms with Crippen LogP contribution in [0.1, 0.15) is 30.7 Å². The molecule has 0 bridgehead atoms. The molecule has 0 spiro atoms. The van der Waals surface area contributed by atoms with Gasteiger partial charge in [-0.05, 0) is 18.9 Å². The third-order valence-corrected chi connectivity index (χ3v) is 5.27. The molecule has 1 atom stereocenters. The van der Waals surface area contributed by atoms with Gasteiger partial charge in [-0.25, -0.2) is 5.10 Å². The van der Waals surface area contributed by atoms with E-state index in [2.05, 4.69) is 21.3 Å². The molecular weight excluding hydrogens is 372 g/mol. The lowest BCUT2D eigenvalue weighted by molar-refractivity contribution is -0.116. The molecule has 148 valence electrons. The van der Waals surface area contributed by atoms with Gasteiger partial charge in [0.2, 0.25) is 5.95 Å². The first kappa shape index (κ1) is 18.6. The number of hydrogen-bond donors (Lipinski definition) is 2. The second kappa shape index (κ2) is 7.31. The van der Waals surface area contributed by atoms with Crippen LogP contribution in [0.5, 0.6) is 11.5 Å². The maximum atomic E-state index is 13.1. The van der Waals surface area contributed by atoms with Crippen molar-refractivity contribution in [1.82, 2.24) is 15.2 Å². The lowest BCUT2D eigenvalue weighted by Gasteiger charge is -2.38. The van der Waals surface area contributed by atoms with E-state index in [1.807, 2.05) is 6.07 Å². The van der Waals surface area contributed by atoms with Crippen LogP contribution < -0.4 is 20.1 Å². The molecule has 29 heavy (non-hydrogen) atoms. The number of benzene rings is 1. The van der Waals surface area contributed by atoms with Crippen LogP contribution in [-0.2, 0) is 4.79 Å². The molecule has 0 unspecified atom stereocenters. The zero-order valence-electron chi connectivity index (χ0n) is 16.1. The average Bonchev–Trinajstić information content (AvgIpc) is 3.26. The Labute approximate surface area is 167 Å². The molecule has 0 fully saturated rings. The van der Waals surface area contributed by atoms with Crippen molar-refractivity contribution in [3.05, 3.63) is 52.8 Å². The number of para-hydroxylation sites is 1. The molecule has 1 aliphatic carbocycles. The van der Waals surface area contributed by atoms with Gasteiger partial charge in [0.05, 0.1) is 31.8 Å². The molecule has 3 N–H and O–H groups in total. The highest BCUT2D eigenvalue weighted by atomic mass is 16.5. The van der Waals surface area contributed by atoms with Crippen molar-refractivity contribution in [1.29, 1.82) is 5.26 Å². The monoisotopic (exact) mass is 392 g/mol. The standard InChI is InChI=1S/C20H20N6O3/c1-28-15-8-3-5-11(18(15)29-2)16-12(9-21)19(22)26(20-23-10-24-25-20)13-6-4-7-14(27)17(13)16/h3,5,8,10,16H,4,6-7,22H2,1-2H3,(H,23,24,25)/t16-/m0/s1. The van der Waals surface area contributed by atoms with Crippen LogP contribution in [-0.4, -0.2) is 35.2 Å². The number of methoxy groups -OCH3 is 2. The second-order valence-corrected chi connectivity index (χ2v) is 6.71. The van der Waals surface area contributed by atoms with Crippen LogP contribution in [0.2, 0.25) is 0 Å². The highest BCUT2D eigenvalue weighted by molar-refractivity contribution is 6.01. The number of ether oxygens (including phenoxy) is 2. The highest BCUT2D eigenvalue weighted by Gasteiger charge is 2.42. The van der Waals surface area contributed by atoms with Gasteiger partial charge in [0.1, 0.15) is 12.1 Å². The number of carbonyl (C=O) groups excluding carboxylic acids is 1. The number of allylic oxidation sites excluding steroid dienone is 3. The number of carbonyl (C=O) groups is 1. The van der Waals surface area contributed by atoms with Crippen molar-refractivity contribution >= 4 is 11.7 Å². The van der Waals surface area contributed by atoms with Crippen molar-refractivity contribution in [2.24, 2.45) is 5.73 Å². The Kier molecular flexibility index (Phi) is 4.68. The van der Waals surface area contributed by atoms with Crippen LogP contribution in [0, 0.1) is 11.3 Å². The highest BCUT2D eigenvalue weighted by Crippen LogP contribution is 2.49. The number of rotatable bonds is 4. The molecule has 9 nitrogen and oxygen atoms in total. The Morgan fingerprint density at radius 3 is 2.79 bits per heavy atom. The summed E-state index contributed by atoms with van der Waals surface area (Å²) >= 11 is 0. The quantitative estimate of drug-likeness (QED) is 0.809. The molecule has 0 amide bonds. The number of aromatic nitrogens is 3. The molecule has 2 aromatic rings. The summed E-state index contributed by atoms with van der Waals surface area (Å²) in [5.74, 6) is 0.904. The Balaban J connectivity index is 2.01. The minimum Gasteiger partial charge on any atom is -0.493 e. The molecular formula is C20H20N6O3. The largest absolute Gasteiger partial charge is 0.493 e. The van der Waals surface area contributed by atoms with Gasteiger partial charge in [-0.15, -0.1) is 0 Å². The fourth-order valence-corrected chi connectivity index (χ4v) is 4.09. The number of hydrogen-bond acceptors (Lipinski definition) is 8. The van der Waals surface area contributed by atoms with Gasteiger partial charge in [-0.2, -0.15) is 15.3 Å². The fraction of sp³-hybridized carbons (Fsp3) is 0.300. The maximum absolute atomic E-state index is 13.1. The number of nitrogens with zero attached hydrogens (tertiary/aromatic N) is 4. The normalized spacial score (nSPS) is 19.1. The van der Waals surface area contributed by atoms with E-state index >= 15 is 0 Å². The Morgan fingerprint density at radius 1 is 1.31 bits per heavy atom. The molecule has 1 aliphatic heterocycles. The number of nitrogens with two attached hydrogens (primary N) is 1. The smallest absolute Gasteiger partial charge is 0.231 e. The fourth-order valence-electron chi connectivity index (χ4n) is 4.09. The summed E-state index contributed by atoms with van der Waals surface area (Å²) < 4.78 is 11.0. The van der Waals surface area contributed by atoms with E-state index in [1.165, 1.54) is 13.4 Å². The van der Waals surface area contributed by atoms with Crippen LogP contribution in [0.15, 0.2) is 47.2 Å². The number of nitrogens with one attached hydrogen (secondary N) is 1. The average molecular weight is 392 g/mol. The second-order valence-electron chi connectivity index (χ2n) is 6.71. The van der Waals surface area contributed by atoms with Crippen molar-refractivity contribution in [2.75, 3.05) is 19.1 Å². The summed E-state index contributed by atoms with van der Waals surface area (Å²) in [7, 11) is 3.07. The van der Waals surface area contributed by atoms with Gasteiger partial charge in [0, 0.05) is 23.3 Å². The van der Waals surface area contributed by atoms with Gasteiger partial charge >= 0.3 is 0 Å². The Bertz CT molecular complexity index is 1060. The predicted molar refractivity (Wildman–Crippen MR) is 104 cm³/mol. The summed E-state index contributed by atoms with van der Waals surface area (Å²) in [6, 6.07) is 7.60. The molecule has 2 heterocycles. The molecule has 0 saturated carbocycles. The number of anilines is 1. The van der Waals surface area contributed by atoms with Crippen LogP contribution >= 0.6 is 0 Å². The molecule has 2 aliphatic rings. The third-order valence-electron chi connectivity index (χ3n) is 5.27. The third kappa shape index (κ3) is 2.81. The predicted octanol–water partition coefficient (Wildman–Crippen LogP) is 2.13. The summed E-state index contributed by atoms with van der Waals surface area (Å²) in [5.41, 5.74) is 8.61. The van der Waals surface area contributed by atoms with Gasteiger partial charge in [-0.1, -0.05) is 12.1 Å². The zero-order valence-corrected chi connectivity index (χ0v) is 16.1. The van der Waals surface area contributed by atoms with Crippen molar-refractivity contribution in [3.8, 4) is 17.6 Å². The molecule has 1 aromatic carbocycles. The first-order chi connectivity index (χ1) is 14.1. The number of nitriles is 1. The van der Waals surface area contributed by atoms with Gasteiger partial charge in [-0.3, -0.25) is 9.69 Å².